The highest BCUT2D eigenvalue weighted by molar-refractivity contribution is 9.09. The van der Waals surface area contributed by atoms with Gasteiger partial charge in [0.2, 0.25) is 0 Å². The number of halogens is 1. The van der Waals surface area contributed by atoms with Crippen molar-refractivity contribution in [3.8, 4) is 0 Å². The van der Waals surface area contributed by atoms with Crippen molar-refractivity contribution in [3.63, 3.8) is 0 Å². The molecule has 1 aromatic heterocycles. The number of benzene rings is 1. The van der Waals surface area contributed by atoms with Crippen molar-refractivity contribution in [2.45, 2.75) is 19.4 Å². The SMILES string of the molecule is Cn1nc(CN2CCC(CCBr)C2)c2ccccc21. The third-order valence-corrected chi connectivity index (χ3v) is 4.55. The van der Waals surface area contributed by atoms with E-state index in [2.05, 4.69) is 45.1 Å². The summed E-state index contributed by atoms with van der Waals surface area (Å²) >= 11 is 3.55. The maximum Gasteiger partial charge on any atom is 0.0843 e. The summed E-state index contributed by atoms with van der Waals surface area (Å²) in [5.41, 5.74) is 2.45. The molecule has 1 unspecified atom stereocenters. The van der Waals surface area contributed by atoms with Gasteiger partial charge in [-0.3, -0.25) is 9.58 Å². The molecule has 2 aromatic rings. The summed E-state index contributed by atoms with van der Waals surface area (Å²) in [5.74, 6) is 0.856. The number of fused-ring (bicyclic) bond motifs is 1. The summed E-state index contributed by atoms with van der Waals surface area (Å²) in [6.07, 6.45) is 2.62. The van der Waals surface area contributed by atoms with Crippen LogP contribution in [-0.2, 0) is 13.6 Å². The molecule has 0 bridgehead atoms. The van der Waals surface area contributed by atoms with Gasteiger partial charge in [0.25, 0.3) is 0 Å². The molecule has 0 spiro atoms. The monoisotopic (exact) mass is 321 g/mol. The number of aromatic nitrogens is 2. The Labute approximate surface area is 122 Å². The number of nitrogens with zero attached hydrogens (tertiary/aromatic N) is 3. The van der Waals surface area contributed by atoms with Crippen LogP contribution in [-0.4, -0.2) is 33.1 Å². The number of likely N-dealkylation sites (tertiary alicyclic amines) is 1. The van der Waals surface area contributed by atoms with E-state index in [1.807, 2.05) is 11.7 Å². The van der Waals surface area contributed by atoms with Crippen LogP contribution in [0.5, 0.6) is 0 Å². The lowest BCUT2D eigenvalue weighted by molar-refractivity contribution is 0.312. The zero-order valence-electron chi connectivity index (χ0n) is 11.3. The Bertz CT molecular complexity index is 564. The summed E-state index contributed by atoms with van der Waals surface area (Å²) in [6, 6.07) is 8.51. The van der Waals surface area contributed by atoms with E-state index in [4.69, 9.17) is 5.10 Å². The first kappa shape index (κ1) is 13.1. The van der Waals surface area contributed by atoms with Crippen molar-refractivity contribution >= 4 is 26.8 Å². The maximum absolute atomic E-state index is 4.69. The molecule has 0 N–H and O–H groups in total. The normalized spacial score (nSPS) is 20.4. The van der Waals surface area contributed by atoms with Gasteiger partial charge in [-0.25, -0.2) is 0 Å². The second kappa shape index (κ2) is 5.63. The maximum atomic E-state index is 4.69. The van der Waals surface area contributed by atoms with Gasteiger partial charge >= 0.3 is 0 Å². The Morgan fingerprint density at radius 1 is 1.37 bits per heavy atom. The van der Waals surface area contributed by atoms with Gasteiger partial charge in [-0.15, -0.1) is 0 Å². The Morgan fingerprint density at radius 3 is 3.05 bits per heavy atom. The highest BCUT2D eigenvalue weighted by Gasteiger charge is 2.23. The molecule has 1 fully saturated rings. The minimum atomic E-state index is 0.856. The summed E-state index contributed by atoms with van der Waals surface area (Å²) < 4.78 is 2.00. The number of rotatable bonds is 4. The van der Waals surface area contributed by atoms with Crippen molar-refractivity contribution < 1.29 is 0 Å². The minimum Gasteiger partial charge on any atom is -0.297 e. The van der Waals surface area contributed by atoms with Gasteiger partial charge in [-0.05, 0) is 31.4 Å². The summed E-state index contributed by atoms with van der Waals surface area (Å²) in [4.78, 5) is 2.54. The molecule has 1 aliphatic rings. The van der Waals surface area contributed by atoms with Crippen LogP contribution in [0.3, 0.4) is 0 Å². The summed E-state index contributed by atoms with van der Waals surface area (Å²) in [6.45, 7) is 3.42. The van der Waals surface area contributed by atoms with Gasteiger partial charge < -0.3 is 0 Å². The number of hydrogen-bond acceptors (Lipinski definition) is 2. The van der Waals surface area contributed by atoms with E-state index >= 15 is 0 Å². The lowest BCUT2D eigenvalue weighted by atomic mass is 10.1. The van der Waals surface area contributed by atoms with Gasteiger partial charge in [0, 0.05) is 30.9 Å². The first-order valence-corrected chi connectivity index (χ1v) is 8.09. The van der Waals surface area contributed by atoms with Crippen molar-refractivity contribution in [1.82, 2.24) is 14.7 Å². The fourth-order valence-corrected chi connectivity index (χ4v) is 3.71. The Balaban J connectivity index is 1.76. The highest BCUT2D eigenvalue weighted by Crippen LogP contribution is 2.24. The van der Waals surface area contributed by atoms with E-state index < -0.39 is 0 Å². The molecule has 3 nitrogen and oxygen atoms in total. The smallest absolute Gasteiger partial charge is 0.0843 e. The van der Waals surface area contributed by atoms with E-state index in [1.54, 1.807) is 0 Å². The molecular weight excluding hydrogens is 302 g/mol. The lowest BCUT2D eigenvalue weighted by Gasteiger charge is -2.14. The molecule has 0 radical (unpaired) electrons. The van der Waals surface area contributed by atoms with E-state index in [0.29, 0.717) is 0 Å². The van der Waals surface area contributed by atoms with Crippen molar-refractivity contribution in [2.24, 2.45) is 13.0 Å². The summed E-state index contributed by atoms with van der Waals surface area (Å²) in [7, 11) is 2.03. The van der Waals surface area contributed by atoms with Crippen molar-refractivity contribution in [1.29, 1.82) is 0 Å². The zero-order valence-corrected chi connectivity index (χ0v) is 12.9. The molecule has 1 atom stereocenters. The van der Waals surface area contributed by atoms with Crippen LogP contribution in [0.15, 0.2) is 24.3 Å². The van der Waals surface area contributed by atoms with E-state index in [9.17, 15) is 0 Å². The molecule has 1 aromatic carbocycles. The van der Waals surface area contributed by atoms with Gasteiger partial charge in [0.15, 0.2) is 0 Å². The quantitative estimate of drug-likeness (QED) is 0.806. The fraction of sp³-hybridized carbons (Fsp3) is 0.533. The number of hydrogen-bond donors (Lipinski definition) is 0. The Morgan fingerprint density at radius 2 is 2.21 bits per heavy atom. The predicted molar refractivity (Wildman–Crippen MR) is 82.5 cm³/mol. The molecule has 2 heterocycles. The molecule has 4 heteroatoms. The molecule has 1 saturated heterocycles. The van der Waals surface area contributed by atoms with Crippen LogP contribution in [0.2, 0.25) is 0 Å². The number of para-hydroxylation sites is 1. The molecule has 19 heavy (non-hydrogen) atoms. The third kappa shape index (κ3) is 2.70. The number of alkyl halides is 1. The second-order valence-corrected chi connectivity index (χ2v) is 6.25. The van der Waals surface area contributed by atoms with Gasteiger partial charge in [-0.1, -0.05) is 34.1 Å². The number of aryl methyl sites for hydroxylation is 1. The van der Waals surface area contributed by atoms with Crippen LogP contribution < -0.4 is 0 Å². The zero-order chi connectivity index (χ0) is 13.2. The van der Waals surface area contributed by atoms with Crippen LogP contribution >= 0.6 is 15.9 Å². The van der Waals surface area contributed by atoms with E-state index in [1.165, 1.54) is 42.5 Å². The van der Waals surface area contributed by atoms with Crippen LogP contribution in [0.4, 0.5) is 0 Å². The predicted octanol–water partition coefficient (Wildman–Crippen LogP) is 3.18. The van der Waals surface area contributed by atoms with Gasteiger partial charge in [0.1, 0.15) is 0 Å². The van der Waals surface area contributed by atoms with Crippen molar-refractivity contribution in [2.75, 3.05) is 18.4 Å². The van der Waals surface area contributed by atoms with E-state index in [-0.39, 0.29) is 0 Å². The molecular formula is C15H20BrN3. The van der Waals surface area contributed by atoms with Crippen LogP contribution in [0, 0.1) is 5.92 Å². The molecule has 102 valence electrons. The molecule has 0 amide bonds. The third-order valence-electron chi connectivity index (χ3n) is 4.10. The topological polar surface area (TPSA) is 21.1 Å². The van der Waals surface area contributed by atoms with Crippen LogP contribution in [0.1, 0.15) is 18.5 Å². The van der Waals surface area contributed by atoms with Gasteiger partial charge in [-0.2, -0.15) is 5.10 Å². The van der Waals surface area contributed by atoms with Crippen LogP contribution in [0.25, 0.3) is 10.9 Å². The Hall–Kier alpha value is -0.870. The average molecular weight is 322 g/mol. The Kier molecular flexibility index (Phi) is 3.89. The van der Waals surface area contributed by atoms with Gasteiger partial charge in [0.05, 0.1) is 11.2 Å². The standard InChI is InChI=1S/C15H20BrN3/c1-18-15-5-3-2-4-13(15)14(17-18)11-19-9-7-12(10-19)6-8-16/h2-5,12H,6-11H2,1H3. The largest absolute Gasteiger partial charge is 0.297 e. The van der Waals surface area contributed by atoms with Crippen molar-refractivity contribution in [3.05, 3.63) is 30.0 Å². The summed E-state index contributed by atoms with van der Waals surface area (Å²) in [5, 5.41) is 7.11. The minimum absolute atomic E-state index is 0.856. The molecule has 1 aliphatic heterocycles. The highest BCUT2D eigenvalue weighted by atomic mass is 79.9. The van der Waals surface area contributed by atoms with E-state index in [0.717, 1.165) is 17.8 Å². The first-order chi connectivity index (χ1) is 9.28. The fourth-order valence-electron chi connectivity index (χ4n) is 3.06. The molecule has 3 rings (SSSR count). The first-order valence-electron chi connectivity index (χ1n) is 6.97. The molecule has 0 saturated carbocycles. The average Bonchev–Trinajstić information content (AvgIpc) is 2.97. The second-order valence-electron chi connectivity index (χ2n) is 5.45. The molecule has 0 aliphatic carbocycles. The lowest BCUT2D eigenvalue weighted by Crippen LogP contribution is -2.20.